The molecule has 1 saturated carbocycles. The molecule has 5 rings (SSSR count). The molecule has 4 N–H and O–H groups in total. The number of ether oxygens (including phenoxy) is 1. The van der Waals surface area contributed by atoms with E-state index in [9.17, 15) is 9.18 Å². The number of nitrogens with one attached hydrogen (secondary N) is 4. The molecule has 0 spiro atoms. The van der Waals surface area contributed by atoms with Crippen molar-refractivity contribution < 1.29 is 13.9 Å². The van der Waals surface area contributed by atoms with E-state index in [0.29, 0.717) is 34.1 Å². The highest BCUT2D eigenvalue weighted by molar-refractivity contribution is 8.00. The molecule has 4 atom stereocenters. The molecule has 2 fully saturated rings. The Morgan fingerprint density at radius 1 is 1.16 bits per heavy atom. The van der Waals surface area contributed by atoms with Gasteiger partial charge < -0.3 is 25.2 Å². The van der Waals surface area contributed by atoms with E-state index in [2.05, 4.69) is 48.1 Å². The molecular weight excluding hydrogens is 565 g/mol. The normalized spacial score (nSPS) is 22.7. The molecule has 4 unspecified atom stereocenters. The zero-order valence-electron chi connectivity index (χ0n) is 27.3. The number of alkyl halides is 1. The third kappa shape index (κ3) is 9.65. The van der Waals surface area contributed by atoms with Crippen molar-refractivity contribution in [2.24, 2.45) is 5.92 Å². The van der Waals surface area contributed by atoms with Crippen molar-refractivity contribution in [2.45, 2.75) is 84.4 Å². The molecule has 9 nitrogen and oxygen atoms in total. The molecule has 0 bridgehead atoms. The van der Waals surface area contributed by atoms with Gasteiger partial charge in [-0.15, -0.1) is 0 Å². The molecule has 43 heavy (non-hydrogen) atoms. The van der Waals surface area contributed by atoms with E-state index in [4.69, 9.17) is 4.74 Å². The summed E-state index contributed by atoms with van der Waals surface area (Å²) < 4.78 is 19.9. The number of rotatable bonds is 6. The van der Waals surface area contributed by atoms with Crippen LogP contribution < -0.4 is 21.5 Å². The number of hydrazine groups is 1. The average Bonchev–Trinajstić information content (AvgIpc) is 3.67. The fourth-order valence-corrected chi connectivity index (χ4v) is 5.21. The zero-order chi connectivity index (χ0) is 32.1. The van der Waals surface area contributed by atoms with Crippen LogP contribution in [0.1, 0.15) is 82.9 Å². The number of carbonyl (C=O) groups is 1. The second kappa shape index (κ2) is 17.8. The van der Waals surface area contributed by atoms with Gasteiger partial charge in [0.1, 0.15) is 22.8 Å². The van der Waals surface area contributed by atoms with E-state index < -0.39 is 12.2 Å². The summed E-state index contributed by atoms with van der Waals surface area (Å²) in [5.41, 5.74) is 9.10. The summed E-state index contributed by atoms with van der Waals surface area (Å²) in [4.78, 5) is 22.3. The summed E-state index contributed by atoms with van der Waals surface area (Å²) in [5, 5.41) is 5.93. The van der Waals surface area contributed by atoms with Gasteiger partial charge >= 0.3 is 0 Å². The fraction of sp³-hybridized carbons (Fsp3) is 0.562. The number of amides is 1. The lowest BCUT2D eigenvalue weighted by Crippen LogP contribution is -2.43. The summed E-state index contributed by atoms with van der Waals surface area (Å²) in [6.45, 7) is 14.2. The molecule has 1 aromatic heterocycles. The Morgan fingerprint density at radius 2 is 1.86 bits per heavy atom. The van der Waals surface area contributed by atoms with Crippen molar-refractivity contribution >= 4 is 28.9 Å². The molecule has 0 radical (unpaired) electrons. The van der Waals surface area contributed by atoms with Gasteiger partial charge in [0.2, 0.25) is 0 Å². The van der Waals surface area contributed by atoms with Crippen LogP contribution in [-0.4, -0.2) is 71.7 Å². The fourth-order valence-electron chi connectivity index (χ4n) is 4.35. The molecule has 0 aromatic carbocycles. The highest BCUT2D eigenvalue weighted by Gasteiger charge is 2.30. The number of methoxy groups -OCH3 is 1. The first-order chi connectivity index (χ1) is 20.8. The molecule has 1 aromatic rings. The number of halogens is 1. The Hall–Kier alpha value is -3.20. The van der Waals surface area contributed by atoms with E-state index >= 15 is 0 Å². The molecule has 4 heterocycles. The van der Waals surface area contributed by atoms with Crippen molar-refractivity contribution in [3.05, 3.63) is 53.3 Å². The van der Waals surface area contributed by atoms with E-state index in [1.165, 1.54) is 18.7 Å². The Kier molecular flexibility index (Phi) is 14.9. The van der Waals surface area contributed by atoms with Crippen LogP contribution in [-0.2, 0) is 4.74 Å². The quantitative estimate of drug-likeness (QED) is 0.327. The number of hydrogen-bond donors (Lipinski definition) is 4. The summed E-state index contributed by atoms with van der Waals surface area (Å²) in [5.74, 6) is 7.18. The Bertz CT molecular complexity index is 1220. The van der Waals surface area contributed by atoms with Crippen molar-refractivity contribution in [1.82, 2.24) is 36.3 Å². The molecule has 3 aliphatic heterocycles. The van der Waals surface area contributed by atoms with Crippen LogP contribution in [0.4, 0.5) is 4.39 Å². The average molecular weight is 616 g/mol. The van der Waals surface area contributed by atoms with Gasteiger partial charge in [0.05, 0.1) is 36.8 Å². The smallest absolute Gasteiger partial charge is 0.255 e. The summed E-state index contributed by atoms with van der Waals surface area (Å²) >= 11 is 1.50. The number of hydrogen-bond acceptors (Lipinski definition) is 9. The van der Waals surface area contributed by atoms with Crippen molar-refractivity contribution in [3.63, 3.8) is 0 Å². The number of aromatic nitrogens is 1. The predicted octanol–water partition coefficient (Wildman–Crippen LogP) is 5.09. The number of allylic oxidation sites excluding steroid dienone is 1. The minimum absolute atomic E-state index is 0.102. The highest BCUT2D eigenvalue weighted by Crippen LogP contribution is 2.33. The third-order valence-electron chi connectivity index (χ3n) is 6.50. The number of carbonyl (C=O) groups excluding carboxylic acids is 1. The minimum Gasteiger partial charge on any atom is -0.495 e. The lowest BCUT2D eigenvalue weighted by Gasteiger charge is -2.25. The Morgan fingerprint density at radius 3 is 2.44 bits per heavy atom. The molecule has 4 aliphatic rings. The van der Waals surface area contributed by atoms with Crippen LogP contribution in [0.25, 0.3) is 11.3 Å². The van der Waals surface area contributed by atoms with Gasteiger partial charge in [0.15, 0.2) is 0 Å². The van der Waals surface area contributed by atoms with E-state index in [-0.39, 0.29) is 16.8 Å². The van der Waals surface area contributed by atoms with Gasteiger partial charge in [-0.25, -0.2) is 15.2 Å². The third-order valence-corrected chi connectivity index (χ3v) is 7.52. The van der Waals surface area contributed by atoms with Crippen LogP contribution in [0.3, 0.4) is 0 Å². The minimum atomic E-state index is -1.14. The van der Waals surface area contributed by atoms with Gasteiger partial charge in [-0.3, -0.25) is 9.78 Å². The van der Waals surface area contributed by atoms with Crippen LogP contribution >= 0.6 is 11.8 Å². The zero-order valence-corrected chi connectivity index (χ0v) is 28.2. The first-order valence-electron chi connectivity index (χ1n) is 15.3. The van der Waals surface area contributed by atoms with Gasteiger partial charge in [-0.05, 0) is 31.9 Å². The molecule has 1 aliphatic carbocycles. The highest BCUT2D eigenvalue weighted by atomic mass is 32.2. The maximum Gasteiger partial charge on any atom is 0.255 e. The Balaban J connectivity index is 0.00000101. The van der Waals surface area contributed by atoms with Crippen LogP contribution in [0.2, 0.25) is 0 Å². The topological polar surface area (TPSA) is 93.8 Å². The maximum absolute atomic E-state index is 14.3. The maximum atomic E-state index is 14.3. The van der Waals surface area contributed by atoms with E-state index in [0.717, 1.165) is 25.2 Å². The largest absolute Gasteiger partial charge is 0.495 e. The lowest BCUT2D eigenvalue weighted by atomic mass is 9.93. The van der Waals surface area contributed by atoms with Crippen molar-refractivity contribution in [2.75, 3.05) is 27.9 Å². The first kappa shape index (κ1) is 36.0. The Labute approximate surface area is 262 Å². The van der Waals surface area contributed by atoms with Crippen LogP contribution in [0, 0.1) is 17.8 Å². The SMILES string of the molecule is CC.CC.CC.COC1=CNC(C(C)F)C=C1c1cc(C2=CN(C)CN2C)ncc1C(=O)NC1NNC(C#CC2CC2)S1. The van der Waals surface area contributed by atoms with Gasteiger partial charge in [0, 0.05) is 49.7 Å². The lowest BCUT2D eigenvalue weighted by molar-refractivity contribution is 0.0944. The summed E-state index contributed by atoms with van der Waals surface area (Å²) in [6, 6.07) is 1.32. The second-order valence-electron chi connectivity index (χ2n) is 9.61. The van der Waals surface area contributed by atoms with Gasteiger partial charge in [-0.2, -0.15) is 0 Å². The molecule has 1 amide bonds. The number of nitrogens with zero attached hydrogens (tertiary/aromatic N) is 3. The number of dihydropyridines is 1. The van der Waals surface area contributed by atoms with Gasteiger partial charge in [0.25, 0.3) is 5.91 Å². The molecule has 1 saturated heterocycles. The summed E-state index contributed by atoms with van der Waals surface area (Å²) in [6.07, 6.45) is 8.19. The number of pyridine rings is 1. The predicted molar refractivity (Wildman–Crippen MR) is 177 cm³/mol. The molecular formula is C32H50FN7O2S. The monoisotopic (exact) mass is 615 g/mol. The second-order valence-corrected chi connectivity index (χ2v) is 10.8. The molecule has 11 heteroatoms. The van der Waals surface area contributed by atoms with Crippen LogP contribution in [0.5, 0.6) is 0 Å². The van der Waals surface area contributed by atoms with Crippen LogP contribution in [0.15, 0.2) is 36.5 Å². The van der Waals surface area contributed by atoms with Gasteiger partial charge in [-0.1, -0.05) is 65.1 Å². The van der Waals surface area contributed by atoms with E-state index in [1.807, 2.05) is 67.9 Å². The summed E-state index contributed by atoms with van der Waals surface area (Å²) in [7, 11) is 5.53. The first-order valence-corrected chi connectivity index (χ1v) is 16.3. The standard InChI is InChI=1S/C26H32FN7O2S.3C2H6/c1-15(27)20-10-18(23(36-4)12-29-20)17-9-21(22-13-33(2)14-34(22)3)28-11-19(17)25(35)30-26-32-31-24(37-26)8-7-16-5-6-16;3*1-2/h9-13,15-16,20,24,26,29,31-32H,5-6,14H2,1-4H3,(H,30,35);3*1-2H3. The number of thioether (sulfide) groups is 1. The van der Waals surface area contributed by atoms with Crippen molar-refractivity contribution in [1.29, 1.82) is 0 Å². The molecule has 238 valence electrons. The van der Waals surface area contributed by atoms with Crippen molar-refractivity contribution in [3.8, 4) is 11.8 Å². The van der Waals surface area contributed by atoms with E-state index in [1.54, 1.807) is 25.6 Å².